The molecule has 0 aliphatic carbocycles. The van der Waals surface area contributed by atoms with Crippen molar-refractivity contribution < 1.29 is 9.90 Å². The maximum absolute atomic E-state index is 10.7. The van der Waals surface area contributed by atoms with E-state index >= 15 is 0 Å². The van der Waals surface area contributed by atoms with Crippen LogP contribution < -0.4 is 0 Å². The summed E-state index contributed by atoms with van der Waals surface area (Å²) in [5.74, 6) is -0.925. The van der Waals surface area contributed by atoms with Crippen LogP contribution in [0.1, 0.15) is 6.92 Å². The van der Waals surface area contributed by atoms with Gasteiger partial charge in [0.1, 0.15) is 5.70 Å². The lowest BCUT2D eigenvalue weighted by Crippen LogP contribution is -2.27. The predicted octanol–water partition coefficient (Wildman–Crippen LogP) is 1.65. The first-order valence-corrected chi connectivity index (χ1v) is 4.03. The number of hydrogen-bond donors (Lipinski definition) is 1. The molecule has 72 valence electrons. The summed E-state index contributed by atoms with van der Waals surface area (Å²) in [7, 11) is 0. The van der Waals surface area contributed by atoms with E-state index in [0.29, 0.717) is 13.1 Å². The van der Waals surface area contributed by atoms with E-state index in [0.717, 1.165) is 0 Å². The summed E-state index contributed by atoms with van der Waals surface area (Å²) in [5.41, 5.74) is 0.278. The molecule has 0 aliphatic rings. The standard InChI is InChI=1S/C10H15NO2/c1-4-7-11(8-5-2)9(6-3)10(12)13/h4-6H,1-2,7-8H2,3H3,(H,12,13). The van der Waals surface area contributed by atoms with Gasteiger partial charge in [-0.2, -0.15) is 0 Å². The van der Waals surface area contributed by atoms with Crippen LogP contribution in [-0.2, 0) is 4.79 Å². The molecule has 1 N–H and O–H groups in total. The second kappa shape index (κ2) is 6.06. The first-order valence-electron chi connectivity index (χ1n) is 4.03. The molecule has 0 aromatic rings. The Morgan fingerprint density at radius 3 is 2.08 bits per heavy atom. The van der Waals surface area contributed by atoms with Crippen molar-refractivity contribution in [2.45, 2.75) is 6.92 Å². The van der Waals surface area contributed by atoms with Gasteiger partial charge in [-0.3, -0.25) is 0 Å². The predicted molar refractivity (Wildman–Crippen MR) is 53.4 cm³/mol. The van der Waals surface area contributed by atoms with Crippen LogP contribution in [0, 0.1) is 0 Å². The minimum absolute atomic E-state index is 0.278. The Morgan fingerprint density at radius 2 is 1.85 bits per heavy atom. The van der Waals surface area contributed by atoms with E-state index in [9.17, 15) is 4.79 Å². The summed E-state index contributed by atoms with van der Waals surface area (Å²) < 4.78 is 0. The molecule has 0 saturated heterocycles. The van der Waals surface area contributed by atoms with Crippen LogP contribution >= 0.6 is 0 Å². The van der Waals surface area contributed by atoms with Gasteiger partial charge in [-0.15, -0.1) is 13.2 Å². The molecule has 0 atom stereocenters. The van der Waals surface area contributed by atoms with E-state index in [2.05, 4.69) is 13.2 Å². The smallest absolute Gasteiger partial charge is 0.351 e. The number of rotatable bonds is 6. The van der Waals surface area contributed by atoms with E-state index in [-0.39, 0.29) is 5.70 Å². The summed E-state index contributed by atoms with van der Waals surface area (Å²) in [6.45, 7) is 9.85. The normalized spacial score (nSPS) is 10.7. The lowest BCUT2D eigenvalue weighted by molar-refractivity contribution is -0.134. The molecule has 0 bridgehead atoms. The Bertz CT molecular complexity index is 221. The number of carbonyl (C=O) groups is 1. The van der Waals surface area contributed by atoms with Crippen molar-refractivity contribution >= 4 is 5.97 Å². The molecule has 3 nitrogen and oxygen atoms in total. The summed E-state index contributed by atoms with van der Waals surface area (Å²) >= 11 is 0. The fraction of sp³-hybridized carbons (Fsp3) is 0.300. The molecule has 0 heterocycles. The van der Waals surface area contributed by atoms with Crippen LogP contribution in [-0.4, -0.2) is 29.1 Å². The SMILES string of the molecule is C=CCN(CC=C)C(=CC)C(=O)O. The third kappa shape index (κ3) is 3.60. The van der Waals surface area contributed by atoms with Crippen molar-refractivity contribution in [3.63, 3.8) is 0 Å². The van der Waals surface area contributed by atoms with Crippen LogP contribution in [0.25, 0.3) is 0 Å². The summed E-state index contributed by atoms with van der Waals surface area (Å²) in [5, 5.41) is 8.82. The summed E-state index contributed by atoms with van der Waals surface area (Å²) in [6.07, 6.45) is 4.89. The fourth-order valence-electron chi connectivity index (χ4n) is 1.02. The van der Waals surface area contributed by atoms with Gasteiger partial charge in [-0.05, 0) is 6.92 Å². The number of aliphatic carboxylic acids is 1. The zero-order chi connectivity index (χ0) is 10.3. The maximum atomic E-state index is 10.7. The van der Waals surface area contributed by atoms with Gasteiger partial charge in [-0.25, -0.2) is 4.79 Å². The second-order valence-electron chi connectivity index (χ2n) is 2.46. The molecular weight excluding hydrogens is 166 g/mol. The van der Waals surface area contributed by atoms with Crippen molar-refractivity contribution in [2.24, 2.45) is 0 Å². The summed E-state index contributed by atoms with van der Waals surface area (Å²) in [6, 6.07) is 0. The Kier molecular flexibility index (Phi) is 5.35. The van der Waals surface area contributed by atoms with E-state index in [1.165, 1.54) is 0 Å². The monoisotopic (exact) mass is 181 g/mol. The topological polar surface area (TPSA) is 40.5 Å². The number of hydrogen-bond acceptors (Lipinski definition) is 2. The third-order valence-corrected chi connectivity index (χ3v) is 1.53. The van der Waals surface area contributed by atoms with Crippen LogP contribution in [0.15, 0.2) is 37.1 Å². The van der Waals surface area contributed by atoms with Crippen LogP contribution in [0.4, 0.5) is 0 Å². The maximum Gasteiger partial charge on any atom is 0.351 e. The van der Waals surface area contributed by atoms with Crippen molar-refractivity contribution in [1.82, 2.24) is 4.90 Å². The molecule has 0 aromatic heterocycles. The van der Waals surface area contributed by atoms with Crippen LogP contribution in [0.5, 0.6) is 0 Å². The number of carboxylic acids is 1. The van der Waals surface area contributed by atoms with Gasteiger partial charge in [0.05, 0.1) is 0 Å². The van der Waals surface area contributed by atoms with Gasteiger partial charge in [0.15, 0.2) is 0 Å². The van der Waals surface area contributed by atoms with Gasteiger partial charge in [0.2, 0.25) is 0 Å². The molecule has 3 heteroatoms. The zero-order valence-corrected chi connectivity index (χ0v) is 7.86. The van der Waals surface area contributed by atoms with Gasteiger partial charge < -0.3 is 10.0 Å². The van der Waals surface area contributed by atoms with Gasteiger partial charge in [0, 0.05) is 13.1 Å². The van der Waals surface area contributed by atoms with E-state index < -0.39 is 5.97 Å². The quantitative estimate of drug-likeness (QED) is 0.500. The first-order chi connectivity index (χ1) is 6.17. The molecule has 0 aromatic carbocycles. The molecular formula is C10H15NO2. The highest BCUT2D eigenvalue weighted by molar-refractivity contribution is 5.85. The average Bonchev–Trinajstić information content (AvgIpc) is 2.05. The lowest BCUT2D eigenvalue weighted by Gasteiger charge is -2.21. The number of carboxylic acid groups (broad SMARTS) is 1. The molecule has 0 rings (SSSR count). The molecule has 0 saturated carbocycles. The Hall–Kier alpha value is -1.51. The van der Waals surface area contributed by atoms with Crippen molar-refractivity contribution in [1.29, 1.82) is 0 Å². The Labute approximate surface area is 78.7 Å². The molecule has 0 aliphatic heterocycles. The van der Waals surface area contributed by atoms with Crippen molar-refractivity contribution in [3.8, 4) is 0 Å². The van der Waals surface area contributed by atoms with Crippen molar-refractivity contribution in [2.75, 3.05) is 13.1 Å². The lowest BCUT2D eigenvalue weighted by atomic mass is 10.3. The second-order valence-corrected chi connectivity index (χ2v) is 2.46. The highest BCUT2D eigenvalue weighted by Gasteiger charge is 2.12. The van der Waals surface area contributed by atoms with Crippen LogP contribution in [0.2, 0.25) is 0 Å². The Morgan fingerprint density at radius 1 is 1.38 bits per heavy atom. The van der Waals surface area contributed by atoms with Crippen LogP contribution in [0.3, 0.4) is 0 Å². The third-order valence-electron chi connectivity index (χ3n) is 1.53. The highest BCUT2D eigenvalue weighted by atomic mass is 16.4. The average molecular weight is 181 g/mol. The molecule has 0 fully saturated rings. The van der Waals surface area contributed by atoms with Gasteiger partial charge >= 0.3 is 5.97 Å². The first kappa shape index (κ1) is 11.5. The van der Waals surface area contributed by atoms with E-state index in [4.69, 9.17) is 5.11 Å². The number of allylic oxidation sites excluding steroid dienone is 1. The van der Waals surface area contributed by atoms with Gasteiger partial charge in [-0.1, -0.05) is 18.2 Å². The molecule has 0 radical (unpaired) electrons. The highest BCUT2D eigenvalue weighted by Crippen LogP contribution is 2.04. The zero-order valence-electron chi connectivity index (χ0n) is 7.86. The number of nitrogens with zero attached hydrogens (tertiary/aromatic N) is 1. The summed E-state index contributed by atoms with van der Waals surface area (Å²) in [4.78, 5) is 12.4. The van der Waals surface area contributed by atoms with E-state index in [1.54, 1.807) is 30.1 Å². The molecule has 0 unspecified atom stereocenters. The molecule has 0 amide bonds. The largest absolute Gasteiger partial charge is 0.477 e. The van der Waals surface area contributed by atoms with Gasteiger partial charge in [0.25, 0.3) is 0 Å². The molecule has 13 heavy (non-hydrogen) atoms. The minimum Gasteiger partial charge on any atom is -0.477 e. The Balaban J connectivity index is 4.57. The fourth-order valence-corrected chi connectivity index (χ4v) is 1.02. The van der Waals surface area contributed by atoms with E-state index in [1.807, 2.05) is 0 Å². The van der Waals surface area contributed by atoms with Crippen molar-refractivity contribution in [3.05, 3.63) is 37.1 Å². The minimum atomic E-state index is -0.925. The molecule has 0 spiro atoms.